The number of nitrogens with two attached hydrogens (primary N) is 1. The number of nitrogens with zero attached hydrogens (tertiary/aromatic N) is 3. The van der Waals surface area contributed by atoms with Crippen molar-refractivity contribution in [2.24, 2.45) is 0 Å². The van der Waals surface area contributed by atoms with Crippen LogP contribution in [-0.4, -0.2) is 40.8 Å². The Morgan fingerprint density at radius 1 is 1.33 bits per heavy atom. The number of hydrogen-bond acceptors (Lipinski definition) is 7. The number of alkyl halides is 3. The van der Waals surface area contributed by atoms with Crippen LogP contribution in [0.2, 0.25) is 0 Å². The molecule has 0 radical (unpaired) electrons. The molecule has 0 aliphatic carbocycles. The Kier molecular flexibility index (Phi) is 6.41. The molecule has 0 aliphatic rings. The van der Waals surface area contributed by atoms with Gasteiger partial charge in [-0.1, -0.05) is 11.8 Å². The second-order valence-electron chi connectivity index (χ2n) is 5.36. The zero-order valence-corrected chi connectivity index (χ0v) is 15.5. The number of rotatable bonds is 7. The molecular formula is C15H18F3N5O3S. The van der Waals surface area contributed by atoms with Crippen molar-refractivity contribution in [2.75, 3.05) is 25.8 Å². The zero-order valence-electron chi connectivity index (χ0n) is 14.7. The molecule has 0 aliphatic heterocycles. The molecule has 1 atom stereocenters. The molecule has 2 aromatic rings. The van der Waals surface area contributed by atoms with E-state index < -0.39 is 23.9 Å². The van der Waals surface area contributed by atoms with Crippen LogP contribution in [0.4, 0.5) is 13.2 Å². The van der Waals surface area contributed by atoms with Crippen LogP contribution in [-0.2, 0) is 11.0 Å². The first-order chi connectivity index (χ1) is 12.7. The Hall–Kier alpha value is -2.63. The number of thioether (sulfide) groups is 1. The molecule has 0 spiro atoms. The first-order valence-electron chi connectivity index (χ1n) is 7.59. The van der Waals surface area contributed by atoms with E-state index in [4.69, 9.17) is 15.3 Å². The molecular weight excluding hydrogens is 387 g/mol. The number of nitrogens with one attached hydrogen (secondary N) is 1. The van der Waals surface area contributed by atoms with Crippen molar-refractivity contribution in [1.29, 1.82) is 0 Å². The van der Waals surface area contributed by atoms with Crippen LogP contribution < -0.4 is 20.6 Å². The molecule has 0 unspecified atom stereocenters. The average molecular weight is 405 g/mol. The summed E-state index contributed by atoms with van der Waals surface area (Å²) < 4.78 is 48.7. The third-order valence-electron chi connectivity index (χ3n) is 3.53. The minimum Gasteiger partial charge on any atom is -0.497 e. The van der Waals surface area contributed by atoms with Gasteiger partial charge in [0.25, 0.3) is 5.82 Å². The highest BCUT2D eigenvalue weighted by Crippen LogP contribution is 2.30. The molecule has 12 heteroatoms. The lowest BCUT2D eigenvalue weighted by Gasteiger charge is -2.18. The standard InChI is InChI=1S/C15H18F3N5O3S/c1-8(10-6-9(25-2)4-5-11(10)26-3)20-12(24)7-27-14-22-21-13(23(14)19)15(16,17)18/h4-6,8H,7,19H2,1-3H3,(H,20,24)/t8-/m0/s1. The molecule has 0 saturated carbocycles. The predicted octanol–water partition coefficient (Wildman–Crippen LogP) is 2.00. The first-order valence-corrected chi connectivity index (χ1v) is 8.57. The summed E-state index contributed by atoms with van der Waals surface area (Å²) in [5.74, 6) is 4.54. The van der Waals surface area contributed by atoms with E-state index in [2.05, 4.69) is 15.5 Å². The summed E-state index contributed by atoms with van der Waals surface area (Å²) in [4.78, 5) is 12.1. The smallest absolute Gasteiger partial charge is 0.453 e. The fourth-order valence-electron chi connectivity index (χ4n) is 2.24. The van der Waals surface area contributed by atoms with Crippen molar-refractivity contribution in [1.82, 2.24) is 20.2 Å². The highest BCUT2D eigenvalue weighted by Gasteiger charge is 2.38. The normalized spacial score (nSPS) is 12.5. The van der Waals surface area contributed by atoms with Crippen molar-refractivity contribution in [3.63, 3.8) is 0 Å². The Morgan fingerprint density at radius 2 is 2.04 bits per heavy atom. The second-order valence-corrected chi connectivity index (χ2v) is 6.30. The molecule has 3 N–H and O–H groups in total. The number of aromatic nitrogens is 3. The van der Waals surface area contributed by atoms with E-state index in [0.717, 1.165) is 11.8 Å². The summed E-state index contributed by atoms with van der Waals surface area (Å²) in [5, 5.41) is 8.87. The Bertz CT molecular complexity index is 812. The average Bonchev–Trinajstić information content (AvgIpc) is 3.00. The van der Waals surface area contributed by atoms with E-state index in [1.165, 1.54) is 14.2 Å². The van der Waals surface area contributed by atoms with Gasteiger partial charge in [-0.15, -0.1) is 10.2 Å². The van der Waals surface area contributed by atoms with Gasteiger partial charge >= 0.3 is 6.18 Å². The van der Waals surface area contributed by atoms with E-state index >= 15 is 0 Å². The van der Waals surface area contributed by atoms with Crippen LogP contribution in [0.3, 0.4) is 0 Å². The fourth-order valence-corrected chi connectivity index (χ4v) is 2.91. The summed E-state index contributed by atoms with van der Waals surface area (Å²) in [7, 11) is 3.02. The summed E-state index contributed by atoms with van der Waals surface area (Å²) >= 11 is 0.743. The number of halogens is 3. The van der Waals surface area contributed by atoms with Crippen LogP contribution >= 0.6 is 11.8 Å². The third kappa shape index (κ3) is 4.96. The van der Waals surface area contributed by atoms with Gasteiger partial charge in [0.2, 0.25) is 11.1 Å². The van der Waals surface area contributed by atoms with Gasteiger partial charge in [0.05, 0.1) is 26.0 Å². The van der Waals surface area contributed by atoms with Crippen LogP contribution in [0.15, 0.2) is 23.4 Å². The van der Waals surface area contributed by atoms with Crippen molar-refractivity contribution in [3.05, 3.63) is 29.6 Å². The molecule has 8 nitrogen and oxygen atoms in total. The zero-order chi connectivity index (χ0) is 20.2. The van der Waals surface area contributed by atoms with Crippen molar-refractivity contribution < 1.29 is 27.4 Å². The van der Waals surface area contributed by atoms with Gasteiger partial charge in [-0.25, -0.2) is 4.68 Å². The van der Waals surface area contributed by atoms with Crippen LogP contribution in [0, 0.1) is 0 Å². The number of carbonyl (C=O) groups is 1. The van der Waals surface area contributed by atoms with Crippen LogP contribution in [0.25, 0.3) is 0 Å². The van der Waals surface area contributed by atoms with Crippen molar-refractivity contribution in [3.8, 4) is 11.5 Å². The van der Waals surface area contributed by atoms with E-state index in [1.807, 2.05) is 0 Å². The number of carbonyl (C=O) groups excluding carboxylic acids is 1. The topological polar surface area (TPSA) is 104 Å². The quantitative estimate of drug-likeness (QED) is 0.536. The molecule has 1 aromatic heterocycles. The molecule has 0 bridgehead atoms. The van der Waals surface area contributed by atoms with Gasteiger partial charge in [-0.05, 0) is 25.1 Å². The van der Waals surface area contributed by atoms with Crippen molar-refractivity contribution >= 4 is 17.7 Å². The highest BCUT2D eigenvalue weighted by atomic mass is 32.2. The number of ether oxygens (including phenoxy) is 2. The summed E-state index contributed by atoms with van der Waals surface area (Å²) in [6.45, 7) is 1.74. The fraction of sp³-hybridized carbons (Fsp3) is 0.400. The summed E-state index contributed by atoms with van der Waals surface area (Å²) in [5.41, 5.74) is 0.691. The predicted molar refractivity (Wildman–Crippen MR) is 92.0 cm³/mol. The van der Waals surface area contributed by atoms with Crippen LogP contribution in [0.5, 0.6) is 11.5 Å². The lowest BCUT2D eigenvalue weighted by molar-refractivity contribution is -0.146. The molecule has 1 aromatic carbocycles. The van der Waals surface area contributed by atoms with Crippen LogP contribution in [0.1, 0.15) is 24.4 Å². The molecule has 2 rings (SSSR count). The monoisotopic (exact) mass is 405 g/mol. The molecule has 0 fully saturated rings. The van der Waals surface area contributed by atoms with Gasteiger partial charge in [0.15, 0.2) is 0 Å². The molecule has 1 heterocycles. The number of amides is 1. The van der Waals surface area contributed by atoms with Gasteiger partial charge in [0.1, 0.15) is 11.5 Å². The number of methoxy groups -OCH3 is 2. The minimum absolute atomic E-state index is 0.191. The second kappa shape index (κ2) is 8.37. The Morgan fingerprint density at radius 3 is 2.59 bits per heavy atom. The molecule has 27 heavy (non-hydrogen) atoms. The minimum atomic E-state index is -4.72. The number of hydrogen-bond donors (Lipinski definition) is 2. The first kappa shape index (κ1) is 20.7. The molecule has 148 valence electrons. The van der Waals surface area contributed by atoms with E-state index in [9.17, 15) is 18.0 Å². The Balaban J connectivity index is 2.01. The highest BCUT2D eigenvalue weighted by molar-refractivity contribution is 7.99. The molecule has 1 amide bonds. The van der Waals surface area contributed by atoms with E-state index in [0.29, 0.717) is 21.7 Å². The van der Waals surface area contributed by atoms with Crippen molar-refractivity contribution in [2.45, 2.75) is 24.3 Å². The lowest BCUT2D eigenvalue weighted by Crippen LogP contribution is -2.29. The largest absolute Gasteiger partial charge is 0.497 e. The van der Waals surface area contributed by atoms with Gasteiger partial charge < -0.3 is 20.6 Å². The third-order valence-corrected chi connectivity index (χ3v) is 4.47. The summed E-state index contributed by atoms with van der Waals surface area (Å²) in [6, 6.07) is 4.73. The summed E-state index contributed by atoms with van der Waals surface area (Å²) in [6.07, 6.45) is -4.72. The Labute approximate surface area is 157 Å². The van der Waals surface area contributed by atoms with Gasteiger partial charge in [0, 0.05) is 5.56 Å². The van der Waals surface area contributed by atoms with Gasteiger partial charge in [-0.2, -0.15) is 13.2 Å². The maximum Gasteiger partial charge on any atom is 0.453 e. The maximum absolute atomic E-state index is 12.6. The van der Waals surface area contributed by atoms with E-state index in [1.54, 1.807) is 25.1 Å². The lowest BCUT2D eigenvalue weighted by atomic mass is 10.1. The number of benzene rings is 1. The van der Waals surface area contributed by atoms with Gasteiger partial charge in [-0.3, -0.25) is 4.79 Å². The maximum atomic E-state index is 12.6. The number of nitrogen functional groups attached to an aromatic ring is 1. The van der Waals surface area contributed by atoms with E-state index in [-0.39, 0.29) is 10.9 Å². The molecule has 0 saturated heterocycles. The SMILES string of the molecule is COc1ccc(OC)c([C@H](C)NC(=O)CSc2nnc(C(F)(F)F)n2N)c1.